The summed E-state index contributed by atoms with van der Waals surface area (Å²) >= 11 is 0. The SMILES string of the molecule is NC(CO)C(N)c1cc[nH]c1. The first kappa shape index (κ1) is 8.26. The molecule has 0 amide bonds. The number of hydrogen-bond donors (Lipinski definition) is 4. The highest BCUT2D eigenvalue weighted by atomic mass is 16.3. The van der Waals surface area contributed by atoms with Gasteiger partial charge in [0, 0.05) is 24.5 Å². The van der Waals surface area contributed by atoms with E-state index in [1.165, 1.54) is 0 Å². The van der Waals surface area contributed by atoms with Crippen molar-refractivity contribution >= 4 is 0 Å². The van der Waals surface area contributed by atoms with Gasteiger partial charge in [-0.3, -0.25) is 0 Å². The van der Waals surface area contributed by atoms with Gasteiger partial charge < -0.3 is 21.6 Å². The van der Waals surface area contributed by atoms with E-state index in [9.17, 15) is 0 Å². The minimum Gasteiger partial charge on any atom is -0.395 e. The number of rotatable bonds is 3. The second-order valence-electron chi connectivity index (χ2n) is 2.52. The van der Waals surface area contributed by atoms with Crippen molar-refractivity contribution in [1.29, 1.82) is 0 Å². The van der Waals surface area contributed by atoms with E-state index in [-0.39, 0.29) is 18.7 Å². The molecule has 0 spiro atoms. The quantitative estimate of drug-likeness (QED) is 0.467. The first-order valence-corrected chi connectivity index (χ1v) is 3.50. The summed E-state index contributed by atoms with van der Waals surface area (Å²) in [6.45, 7) is -0.0909. The number of aliphatic hydroxyl groups is 1. The highest BCUT2D eigenvalue weighted by molar-refractivity contribution is 5.15. The zero-order valence-corrected chi connectivity index (χ0v) is 6.20. The summed E-state index contributed by atoms with van der Waals surface area (Å²) in [6, 6.07) is 1.18. The third-order valence-corrected chi connectivity index (χ3v) is 1.68. The van der Waals surface area contributed by atoms with Gasteiger partial charge in [0.15, 0.2) is 0 Å². The van der Waals surface area contributed by atoms with Crippen LogP contribution < -0.4 is 11.5 Å². The molecule has 4 heteroatoms. The zero-order valence-electron chi connectivity index (χ0n) is 6.20. The lowest BCUT2D eigenvalue weighted by molar-refractivity contribution is 0.250. The van der Waals surface area contributed by atoms with Crippen LogP contribution >= 0.6 is 0 Å². The lowest BCUT2D eigenvalue weighted by Crippen LogP contribution is -2.36. The van der Waals surface area contributed by atoms with Crippen molar-refractivity contribution in [3.8, 4) is 0 Å². The summed E-state index contributed by atoms with van der Waals surface area (Å²) in [5.41, 5.74) is 12.1. The molecular weight excluding hydrogens is 142 g/mol. The Morgan fingerprint density at radius 3 is 2.73 bits per heavy atom. The minimum atomic E-state index is -0.384. The topological polar surface area (TPSA) is 88.1 Å². The molecule has 1 heterocycles. The largest absolute Gasteiger partial charge is 0.395 e. The molecule has 0 aromatic carbocycles. The Morgan fingerprint density at radius 1 is 1.55 bits per heavy atom. The van der Waals surface area contributed by atoms with Crippen LogP contribution in [0.3, 0.4) is 0 Å². The molecule has 0 bridgehead atoms. The van der Waals surface area contributed by atoms with Crippen LogP contribution in [0.5, 0.6) is 0 Å². The molecule has 6 N–H and O–H groups in total. The van der Waals surface area contributed by atoms with Crippen molar-refractivity contribution in [2.45, 2.75) is 12.1 Å². The van der Waals surface area contributed by atoms with Crippen LogP contribution in [-0.4, -0.2) is 22.7 Å². The molecule has 0 radical (unpaired) electrons. The average Bonchev–Trinajstić information content (AvgIpc) is 2.53. The van der Waals surface area contributed by atoms with E-state index < -0.39 is 0 Å². The molecule has 0 aliphatic heterocycles. The monoisotopic (exact) mass is 155 g/mol. The lowest BCUT2D eigenvalue weighted by Gasteiger charge is -2.15. The summed E-state index contributed by atoms with van der Waals surface area (Å²) in [5.74, 6) is 0. The standard InChI is InChI=1S/C7H13N3O/c8-6(4-11)7(9)5-1-2-10-3-5/h1-3,6-7,10-11H,4,8-9H2. The molecule has 1 aromatic heterocycles. The Morgan fingerprint density at radius 2 is 2.27 bits per heavy atom. The van der Waals surface area contributed by atoms with E-state index in [2.05, 4.69) is 4.98 Å². The van der Waals surface area contributed by atoms with Crippen LogP contribution in [0.15, 0.2) is 18.5 Å². The number of aromatic amines is 1. The Labute approximate surface area is 65.2 Å². The molecule has 4 nitrogen and oxygen atoms in total. The highest BCUT2D eigenvalue weighted by Gasteiger charge is 2.13. The molecule has 2 unspecified atom stereocenters. The first-order valence-electron chi connectivity index (χ1n) is 3.50. The van der Waals surface area contributed by atoms with Gasteiger partial charge in [0.2, 0.25) is 0 Å². The normalized spacial score (nSPS) is 16.3. The molecule has 0 saturated heterocycles. The van der Waals surface area contributed by atoms with Crippen molar-refractivity contribution in [2.75, 3.05) is 6.61 Å². The van der Waals surface area contributed by atoms with E-state index in [1.807, 2.05) is 6.07 Å². The van der Waals surface area contributed by atoms with Crippen LogP contribution in [0.1, 0.15) is 11.6 Å². The molecular formula is C7H13N3O. The highest BCUT2D eigenvalue weighted by Crippen LogP contribution is 2.10. The van der Waals surface area contributed by atoms with E-state index in [0.717, 1.165) is 5.56 Å². The predicted molar refractivity (Wildman–Crippen MR) is 42.8 cm³/mol. The van der Waals surface area contributed by atoms with Crippen molar-refractivity contribution in [1.82, 2.24) is 4.98 Å². The number of nitrogens with one attached hydrogen (secondary N) is 1. The number of nitrogens with two attached hydrogens (primary N) is 2. The van der Waals surface area contributed by atoms with Crippen molar-refractivity contribution in [3.05, 3.63) is 24.0 Å². The zero-order chi connectivity index (χ0) is 8.27. The average molecular weight is 155 g/mol. The van der Waals surface area contributed by atoms with Gasteiger partial charge in [0.25, 0.3) is 0 Å². The molecule has 11 heavy (non-hydrogen) atoms. The van der Waals surface area contributed by atoms with Gasteiger partial charge in [-0.15, -0.1) is 0 Å². The number of H-pyrrole nitrogens is 1. The van der Waals surface area contributed by atoms with Crippen molar-refractivity contribution < 1.29 is 5.11 Å². The molecule has 0 fully saturated rings. The van der Waals surface area contributed by atoms with E-state index in [1.54, 1.807) is 12.4 Å². The molecule has 2 atom stereocenters. The summed E-state index contributed by atoms with van der Waals surface area (Å²) in [7, 11) is 0. The molecule has 1 rings (SSSR count). The maximum Gasteiger partial charge on any atom is 0.0601 e. The summed E-state index contributed by atoms with van der Waals surface area (Å²) < 4.78 is 0. The van der Waals surface area contributed by atoms with Crippen molar-refractivity contribution in [3.63, 3.8) is 0 Å². The Balaban J connectivity index is 2.62. The van der Waals surface area contributed by atoms with Gasteiger partial charge >= 0.3 is 0 Å². The number of aliphatic hydroxyl groups excluding tert-OH is 1. The first-order chi connectivity index (χ1) is 5.25. The fourth-order valence-electron chi connectivity index (χ4n) is 0.905. The summed E-state index contributed by atoms with van der Waals surface area (Å²) in [4.78, 5) is 2.87. The van der Waals surface area contributed by atoms with Gasteiger partial charge in [-0.2, -0.15) is 0 Å². The lowest BCUT2D eigenvalue weighted by atomic mass is 10.1. The Hall–Kier alpha value is -0.840. The van der Waals surface area contributed by atoms with Crippen LogP contribution in [0.25, 0.3) is 0 Å². The molecule has 62 valence electrons. The van der Waals surface area contributed by atoms with Crippen molar-refractivity contribution in [2.24, 2.45) is 11.5 Å². The molecule has 1 aromatic rings. The Kier molecular flexibility index (Phi) is 2.64. The van der Waals surface area contributed by atoms with E-state index >= 15 is 0 Å². The molecule has 0 saturated carbocycles. The Bertz CT molecular complexity index is 197. The third-order valence-electron chi connectivity index (χ3n) is 1.68. The van der Waals surface area contributed by atoms with Crippen LogP contribution in [0.4, 0.5) is 0 Å². The fourth-order valence-corrected chi connectivity index (χ4v) is 0.905. The van der Waals surface area contributed by atoms with E-state index in [4.69, 9.17) is 16.6 Å². The van der Waals surface area contributed by atoms with Gasteiger partial charge in [0.05, 0.1) is 6.61 Å². The minimum absolute atomic E-state index is 0.0909. The number of hydrogen-bond acceptors (Lipinski definition) is 3. The molecule has 0 aliphatic rings. The number of aromatic nitrogens is 1. The fraction of sp³-hybridized carbons (Fsp3) is 0.429. The van der Waals surface area contributed by atoms with Gasteiger partial charge in [-0.1, -0.05) is 0 Å². The van der Waals surface area contributed by atoms with Gasteiger partial charge in [-0.25, -0.2) is 0 Å². The van der Waals surface area contributed by atoms with Gasteiger partial charge in [-0.05, 0) is 11.6 Å². The second-order valence-corrected chi connectivity index (χ2v) is 2.52. The maximum atomic E-state index is 8.69. The summed E-state index contributed by atoms with van der Waals surface area (Å²) in [6.07, 6.45) is 3.56. The van der Waals surface area contributed by atoms with Crippen LogP contribution in [0.2, 0.25) is 0 Å². The van der Waals surface area contributed by atoms with E-state index in [0.29, 0.717) is 0 Å². The van der Waals surface area contributed by atoms with Crippen LogP contribution in [-0.2, 0) is 0 Å². The smallest absolute Gasteiger partial charge is 0.0601 e. The predicted octanol–water partition coefficient (Wildman–Crippen LogP) is -0.666. The van der Waals surface area contributed by atoms with Crippen LogP contribution in [0, 0.1) is 0 Å². The van der Waals surface area contributed by atoms with Gasteiger partial charge in [0.1, 0.15) is 0 Å². The second kappa shape index (κ2) is 3.52. The third kappa shape index (κ3) is 1.80. The molecule has 0 aliphatic carbocycles. The maximum absolute atomic E-state index is 8.69. The summed E-state index contributed by atoms with van der Waals surface area (Å²) in [5, 5.41) is 8.69.